The first-order valence-corrected chi connectivity index (χ1v) is 9.99. The van der Waals surface area contributed by atoms with Crippen LogP contribution >= 0.6 is 23.2 Å². The smallest absolute Gasteiger partial charge is 0.276 e. The van der Waals surface area contributed by atoms with Crippen molar-refractivity contribution in [1.29, 1.82) is 0 Å². The van der Waals surface area contributed by atoms with Crippen molar-refractivity contribution in [3.8, 4) is 5.75 Å². The summed E-state index contributed by atoms with van der Waals surface area (Å²) >= 11 is 12.3. The third-order valence-electron chi connectivity index (χ3n) is 4.86. The minimum absolute atomic E-state index is 0.0513. The summed E-state index contributed by atoms with van der Waals surface area (Å²) in [5, 5.41) is 0.746. The first-order chi connectivity index (χ1) is 13.6. The van der Waals surface area contributed by atoms with Crippen molar-refractivity contribution in [2.24, 2.45) is 0 Å². The summed E-state index contributed by atoms with van der Waals surface area (Å²) in [5.74, 6) is 0.483. The lowest BCUT2D eigenvalue weighted by Gasteiger charge is -2.35. The number of aromatic nitrogens is 2. The Bertz CT molecular complexity index is 1010. The second-order valence-corrected chi connectivity index (χ2v) is 7.56. The molecule has 1 atom stereocenters. The van der Waals surface area contributed by atoms with E-state index in [-0.39, 0.29) is 22.8 Å². The number of amides is 1. The van der Waals surface area contributed by atoms with E-state index in [2.05, 4.69) is 9.97 Å². The van der Waals surface area contributed by atoms with Crippen molar-refractivity contribution in [1.82, 2.24) is 14.9 Å². The maximum atomic E-state index is 13.2. The molecule has 1 amide bonds. The van der Waals surface area contributed by atoms with Crippen molar-refractivity contribution < 1.29 is 9.53 Å². The van der Waals surface area contributed by atoms with Gasteiger partial charge in [0.05, 0.1) is 17.1 Å². The number of likely N-dealkylation sites (tertiary alicyclic amines) is 1. The van der Waals surface area contributed by atoms with Crippen molar-refractivity contribution in [3.63, 3.8) is 0 Å². The van der Waals surface area contributed by atoms with Gasteiger partial charge in [-0.3, -0.25) is 4.79 Å². The lowest BCUT2D eigenvalue weighted by Crippen LogP contribution is -2.47. The van der Waals surface area contributed by atoms with Crippen LogP contribution in [0.1, 0.15) is 29.8 Å². The molecule has 0 spiro atoms. The summed E-state index contributed by atoms with van der Waals surface area (Å²) in [7, 11) is 0. The summed E-state index contributed by atoms with van der Waals surface area (Å²) < 4.78 is 5.90. The predicted molar refractivity (Wildman–Crippen MR) is 110 cm³/mol. The number of hydrogen-bond donors (Lipinski definition) is 0. The van der Waals surface area contributed by atoms with Crippen LogP contribution < -0.4 is 4.74 Å². The van der Waals surface area contributed by atoms with Gasteiger partial charge in [0.25, 0.3) is 5.91 Å². The van der Waals surface area contributed by atoms with Gasteiger partial charge in [-0.1, -0.05) is 41.4 Å². The zero-order valence-corrected chi connectivity index (χ0v) is 16.7. The van der Waals surface area contributed by atoms with E-state index >= 15 is 0 Å². The number of ether oxygens (including phenoxy) is 1. The SMILES string of the molecule is O=C(c1nc2ccccc2nc1Cl)N1CCCCC1COc1cccc(Cl)c1. The van der Waals surface area contributed by atoms with Gasteiger partial charge in [0, 0.05) is 11.6 Å². The molecule has 0 N–H and O–H groups in total. The highest BCUT2D eigenvalue weighted by Gasteiger charge is 2.30. The molecule has 0 saturated carbocycles. The zero-order valence-electron chi connectivity index (χ0n) is 15.1. The highest BCUT2D eigenvalue weighted by molar-refractivity contribution is 6.32. The van der Waals surface area contributed by atoms with Crippen LogP contribution in [0.5, 0.6) is 5.75 Å². The van der Waals surface area contributed by atoms with Crippen LogP contribution in [0.15, 0.2) is 48.5 Å². The van der Waals surface area contributed by atoms with Crippen LogP contribution in [0.4, 0.5) is 0 Å². The van der Waals surface area contributed by atoms with Gasteiger partial charge in [-0.25, -0.2) is 9.97 Å². The fraction of sp³-hybridized carbons (Fsp3) is 0.286. The molecule has 1 fully saturated rings. The lowest BCUT2D eigenvalue weighted by molar-refractivity contribution is 0.0523. The van der Waals surface area contributed by atoms with Gasteiger partial charge in [0.2, 0.25) is 0 Å². The average Bonchev–Trinajstić information content (AvgIpc) is 2.71. The van der Waals surface area contributed by atoms with Gasteiger partial charge in [0.15, 0.2) is 10.8 Å². The van der Waals surface area contributed by atoms with Crippen LogP contribution in [-0.4, -0.2) is 40.0 Å². The fourth-order valence-electron chi connectivity index (χ4n) is 3.44. The van der Waals surface area contributed by atoms with E-state index in [1.807, 2.05) is 36.4 Å². The third-order valence-corrected chi connectivity index (χ3v) is 5.36. The number of halogens is 2. The van der Waals surface area contributed by atoms with Gasteiger partial charge in [0.1, 0.15) is 12.4 Å². The molecular formula is C21H19Cl2N3O2. The molecule has 5 nitrogen and oxygen atoms in total. The Morgan fingerprint density at radius 3 is 2.64 bits per heavy atom. The second-order valence-electron chi connectivity index (χ2n) is 6.77. The molecule has 4 rings (SSSR count). The number of carbonyl (C=O) groups is 1. The molecule has 1 aliphatic heterocycles. The van der Waals surface area contributed by atoms with E-state index in [4.69, 9.17) is 27.9 Å². The van der Waals surface area contributed by atoms with Gasteiger partial charge in [-0.2, -0.15) is 0 Å². The molecule has 3 aromatic rings. The topological polar surface area (TPSA) is 55.3 Å². The van der Waals surface area contributed by atoms with Crippen molar-refractivity contribution in [2.75, 3.05) is 13.2 Å². The van der Waals surface area contributed by atoms with Gasteiger partial charge in [-0.05, 0) is 49.6 Å². The van der Waals surface area contributed by atoms with Crippen molar-refractivity contribution >= 4 is 40.1 Å². The van der Waals surface area contributed by atoms with Crippen LogP contribution in [-0.2, 0) is 0 Å². The van der Waals surface area contributed by atoms with Gasteiger partial charge < -0.3 is 9.64 Å². The molecule has 2 aromatic carbocycles. The van der Waals surface area contributed by atoms with Crippen LogP contribution in [0, 0.1) is 0 Å². The predicted octanol–water partition coefficient (Wildman–Crippen LogP) is 5.01. The minimum atomic E-state index is -0.206. The zero-order chi connectivity index (χ0) is 19.5. The Morgan fingerprint density at radius 2 is 1.86 bits per heavy atom. The first kappa shape index (κ1) is 19.0. The fourth-order valence-corrected chi connectivity index (χ4v) is 3.84. The monoisotopic (exact) mass is 415 g/mol. The van der Waals surface area contributed by atoms with E-state index in [0.29, 0.717) is 35.0 Å². The Balaban J connectivity index is 1.55. The largest absolute Gasteiger partial charge is 0.491 e. The summed E-state index contributed by atoms with van der Waals surface area (Å²) in [6.07, 6.45) is 2.85. The van der Waals surface area contributed by atoms with E-state index in [9.17, 15) is 4.79 Å². The molecule has 1 aromatic heterocycles. The number of para-hydroxylation sites is 2. The molecule has 1 unspecified atom stereocenters. The van der Waals surface area contributed by atoms with Gasteiger partial charge >= 0.3 is 0 Å². The number of benzene rings is 2. The van der Waals surface area contributed by atoms with E-state index in [0.717, 1.165) is 19.3 Å². The molecule has 1 saturated heterocycles. The molecule has 1 aliphatic rings. The first-order valence-electron chi connectivity index (χ1n) is 9.23. The summed E-state index contributed by atoms with van der Waals surface area (Å²) in [6, 6.07) is 14.6. The normalized spacial score (nSPS) is 16.9. The Labute approximate surface area is 173 Å². The van der Waals surface area contributed by atoms with Crippen LogP contribution in [0.2, 0.25) is 10.2 Å². The van der Waals surface area contributed by atoms with E-state index < -0.39 is 0 Å². The molecule has 144 valence electrons. The Morgan fingerprint density at radius 1 is 1.07 bits per heavy atom. The Kier molecular flexibility index (Phi) is 5.64. The maximum absolute atomic E-state index is 13.2. The minimum Gasteiger partial charge on any atom is -0.491 e. The van der Waals surface area contributed by atoms with E-state index in [1.54, 1.807) is 17.0 Å². The summed E-state index contributed by atoms with van der Waals surface area (Å²) in [5.41, 5.74) is 1.51. The molecule has 0 aliphatic carbocycles. The number of carbonyl (C=O) groups excluding carboxylic acids is 1. The van der Waals surface area contributed by atoms with Crippen LogP contribution in [0.3, 0.4) is 0 Å². The molecular weight excluding hydrogens is 397 g/mol. The number of piperidine rings is 1. The average molecular weight is 416 g/mol. The van der Waals surface area contributed by atoms with Crippen molar-refractivity contribution in [2.45, 2.75) is 25.3 Å². The molecule has 0 bridgehead atoms. The van der Waals surface area contributed by atoms with Crippen LogP contribution in [0.25, 0.3) is 11.0 Å². The highest BCUT2D eigenvalue weighted by Crippen LogP contribution is 2.25. The highest BCUT2D eigenvalue weighted by atomic mass is 35.5. The quantitative estimate of drug-likeness (QED) is 0.600. The summed E-state index contributed by atoms with van der Waals surface area (Å²) in [4.78, 5) is 23.8. The third kappa shape index (κ3) is 4.05. The molecule has 7 heteroatoms. The molecule has 28 heavy (non-hydrogen) atoms. The molecule has 2 heterocycles. The van der Waals surface area contributed by atoms with Gasteiger partial charge in [-0.15, -0.1) is 0 Å². The lowest BCUT2D eigenvalue weighted by atomic mass is 10.0. The second kappa shape index (κ2) is 8.33. The summed E-state index contributed by atoms with van der Waals surface area (Å²) in [6.45, 7) is 1.04. The Hall–Kier alpha value is -2.37. The number of fused-ring (bicyclic) bond motifs is 1. The maximum Gasteiger partial charge on any atom is 0.276 e. The molecule has 0 radical (unpaired) electrons. The number of nitrogens with zero attached hydrogens (tertiary/aromatic N) is 3. The standard InChI is InChI=1S/C21H19Cl2N3O2/c22-14-6-5-8-16(12-14)28-13-15-7-3-4-11-26(15)21(27)19-20(23)25-18-10-2-1-9-17(18)24-19/h1-2,5-6,8-10,12,15H,3-4,7,11,13H2. The van der Waals surface area contributed by atoms with E-state index in [1.165, 1.54) is 0 Å². The number of hydrogen-bond acceptors (Lipinski definition) is 4. The number of rotatable bonds is 4. The van der Waals surface area contributed by atoms with Crippen molar-refractivity contribution in [3.05, 3.63) is 64.4 Å².